The molecule has 0 saturated heterocycles. The number of rotatable bonds is 8. The molecule has 0 bridgehead atoms. The highest BCUT2D eigenvalue weighted by molar-refractivity contribution is 7.92. The average Bonchev–Trinajstić information content (AvgIpc) is 2.63. The van der Waals surface area contributed by atoms with Gasteiger partial charge in [0.2, 0.25) is 20.0 Å². The van der Waals surface area contributed by atoms with E-state index >= 15 is 0 Å². The standard InChI is InChI=1S/C17H20FN3O5S2/c1-3-10-27(23,24)21-13-6-4-12(5-7-13)20-17(22)15-11-14(8-9-16(15)18)28(25,26)19-2/h4-9,11,19,21H,3,10H2,1-2H3,(H,20,22). The third-order valence-corrected chi connectivity index (χ3v) is 6.55. The Morgan fingerprint density at radius 1 is 1.00 bits per heavy atom. The molecule has 0 heterocycles. The van der Waals surface area contributed by atoms with Crippen LogP contribution in [0.15, 0.2) is 47.4 Å². The molecule has 8 nitrogen and oxygen atoms in total. The molecule has 0 fully saturated rings. The maximum absolute atomic E-state index is 14.0. The van der Waals surface area contributed by atoms with Gasteiger partial charge in [0.05, 0.1) is 16.2 Å². The second kappa shape index (κ2) is 8.67. The molecule has 0 aliphatic rings. The largest absolute Gasteiger partial charge is 0.322 e. The fourth-order valence-electron chi connectivity index (χ4n) is 2.28. The normalized spacial score (nSPS) is 11.8. The molecule has 1 amide bonds. The van der Waals surface area contributed by atoms with Gasteiger partial charge in [-0.05, 0) is 55.9 Å². The van der Waals surface area contributed by atoms with E-state index in [1.807, 2.05) is 0 Å². The van der Waals surface area contributed by atoms with Crippen LogP contribution in [0.25, 0.3) is 0 Å². The minimum absolute atomic E-state index is 0.0172. The number of benzene rings is 2. The van der Waals surface area contributed by atoms with Crippen molar-refractivity contribution >= 4 is 37.3 Å². The van der Waals surface area contributed by atoms with Crippen molar-refractivity contribution in [1.82, 2.24) is 4.72 Å². The Morgan fingerprint density at radius 2 is 1.61 bits per heavy atom. The summed E-state index contributed by atoms with van der Waals surface area (Å²) >= 11 is 0. The Bertz CT molecular complexity index is 1070. The Morgan fingerprint density at radius 3 is 2.18 bits per heavy atom. The number of hydrogen-bond donors (Lipinski definition) is 3. The number of carbonyl (C=O) groups excluding carboxylic acids is 1. The molecule has 11 heteroatoms. The highest BCUT2D eigenvalue weighted by atomic mass is 32.2. The van der Waals surface area contributed by atoms with E-state index in [9.17, 15) is 26.0 Å². The number of nitrogens with one attached hydrogen (secondary N) is 3. The van der Waals surface area contributed by atoms with Crippen LogP contribution < -0.4 is 14.8 Å². The summed E-state index contributed by atoms with van der Waals surface area (Å²) in [5.41, 5.74) is 0.161. The monoisotopic (exact) mass is 429 g/mol. The summed E-state index contributed by atoms with van der Waals surface area (Å²) < 4.78 is 65.6. The number of carbonyl (C=O) groups is 1. The topological polar surface area (TPSA) is 121 Å². The van der Waals surface area contributed by atoms with Gasteiger partial charge in [-0.1, -0.05) is 6.92 Å². The van der Waals surface area contributed by atoms with Crippen molar-refractivity contribution in [2.45, 2.75) is 18.2 Å². The Kier molecular flexibility index (Phi) is 6.75. The van der Waals surface area contributed by atoms with Gasteiger partial charge < -0.3 is 5.32 Å². The van der Waals surface area contributed by atoms with Crippen LogP contribution in [-0.2, 0) is 20.0 Å². The van der Waals surface area contributed by atoms with Crippen LogP contribution in [0.4, 0.5) is 15.8 Å². The van der Waals surface area contributed by atoms with E-state index in [1.54, 1.807) is 6.92 Å². The van der Waals surface area contributed by atoms with Crippen LogP contribution in [-0.4, -0.2) is 35.5 Å². The molecule has 0 saturated carbocycles. The quantitative estimate of drug-likeness (QED) is 0.594. The lowest BCUT2D eigenvalue weighted by molar-refractivity contribution is 0.102. The van der Waals surface area contributed by atoms with Crippen LogP contribution in [0.3, 0.4) is 0 Å². The van der Waals surface area contributed by atoms with E-state index < -0.39 is 37.3 Å². The zero-order valence-electron chi connectivity index (χ0n) is 15.2. The smallest absolute Gasteiger partial charge is 0.258 e. The lowest BCUT2D eigenvalue weighted by Gasteiger charge is -2.10. The van der Waals surface area contributed by atoms with Gasteiger partial charge >= 0.3 is 0 Å². The fourth-order valence-corrected chi connectivity index (χ4v) is 4.17. The minimum Gasteiger partial charge on any atom is -0.322 e. The summed E-state index contributed by atoms with van der Waals surface area (Å²) in [6.07, 6.45) is 0.470. The Balaban J connectivity index is 2.18. The summed E-state index contributed by atoms with van der Waals surface area (Å²) in [5, 5.41) is 2.44. The average molecular weight is 429 g/mol. The van der Waals surface area contributed by atoms with Crippen molar-refractivity contribution in [3.63, 3.8) is 0 Å². The molecule has 2 aromatic rings. The highest BCUT2D eigenvalue weighted by Crippen LogP contribution is 2.19. The zero-order valence-corrected chi connectivity index (χ0v) is 16.8. The first-order valence-corrected chi connectivity index (χ1v) is 11.4. The Labute approximate surface area is 163 Å². The number of halogens is 1. The molecular weight excluding hydrogens is 409 g/mol. The summed E-state index contributed by atoms with van der Waals surface area (Å²) in [4.78, 5) is 12.1. The number of amides is 1. The van der Waals surface area contributed by atoms with E-state index in [4.69, 9.17) is 0 Å². The molecule has 0 unspecified atom stereocenters. The van der Waals surface area contributed by atoms with E-state index in [2.05, 4.69) is 14.8 Å². The zero-order chi connectivity index (χ0) is 20.9. The molecule has 2 aromatic carbocycles. The number of hydrogen-bond acceptors (Lipinski definition) is 5. The molecular formula is C17H20FN3O5S2. The summed E-state index contributed by atoms with van der Waals surface area (Å²) in [6.45, 7) is 1.74. The van der Waals surface area contributed by atoms with Crippen molar-refractivity contribution in [3.8, 4) is 0 Å². The van der Waals surface area contributed by atoms with Crippen molar-refractivity contribution < 1.29 is 26.0 Å². The van der Waals surface area contributed by atoms with Gasteiger partial charge in [-0.15, -0.1) is 0 Å². The summed E-state index contributed by atoms with van der Waals surface area (Å²) in [5.74, 6) is -1.74. The van der Waals surface area contributed by atoms with Gasteiger partial charge in [0, 0.05) is 11.4 Å². The van der Waals surface area contributed by atoms with Gasteiger partial charge in [-0.3, -0.25) is 9.52 Å². The maximum Gasteiger partial charge on any atom is 0.258 e. The second-order valence-corrected chi connectivity index (χ2v) is 9.53. The van der Waals surface area contributed by atoms with E-state index in [1.165, 1.54) is 31.3 Å². The third kappa shape index (κ3) is 5.50. The van der Waals surface area contributed by atoms with E-state index in [0.717, 1.165) is 18.2 Å². The van der Waals surface area contributed by atoms with E-state index in [-0.39, 0.29) is 16.3 Å². The predicted molar refractivity (Wildman–Crippen MR) is 105 cm³/mol. The first-order chi connectivity index (χ1) is 13.1. The minimum atomic E-state index is -3.83. The lowest BCUT2D eigenvalue weighted by Crippen LogP contribution is -2.20. The molecule has 0 aromatic heterocycles. The first kappa shape index (κ1) is 21.8. The lowest BCUT2D eigenvalue weighted by atomic mass is 10.2. The van der Waals surface area contributed by atoms with Crippen LogP contribution >= 0.6 is 0 Å². The molecule has 0 aliphatic carbocycles. The van der Waals surface area contributed by atoms with Gasteiger partial charge in [0.15, 0.2) is 0 Å². The molecule has 3 N–H and O–H groups in total. The maximum atomic E-state index is 14.0. The molecule has 152 valence electrons. The molecule has 0 spiro atoms. The van der Waals surface area contributed by atoms with Crippen LogP contribution in [0.1, 0.15) is 23.7 Å². The van der Waals surface area contributed by atoms with Gasteiger partial charge in [0.25, 0.3) is 5.91 Å². The second-order valence-electron chi connectivity index (χ2n) is 5.80. The van der Waals surface area contributed by atoms with E-state index in [0.29, 0.717) is 12.1 Å². The number of anilines is 2. The van der Waals surface area contributed by atoms with Crippen LogP contribution in [0.5, 0.6) is 0 Å². The molecule has 0 aliphatic heterocycles. The van der Waals surface area contributed by atoms with Gasteiger partial charge in [-0.25, -0.2) is 25.9 Å². The number of sulfonamides is 2. The van der Waals surface area contributed by atoms with Crippen LogP contribution in [0, 0.1) is 5.82 Å². The summed E-state index contributed by atoms with van der Waals surface area (Å²) in [6, 6.07) is 8.65. The predicted octanol–water partition coefficient (Wildman–Crippen LogP) is 2.14. The summed E-state index contributed by atoms with van der Waals surface area (Å²) in [7, 11) is -6.07. The first-order valence-electron chi connectivity index (χ1n) is 8.23. The van der Waals surface area contributed by atoms with Crippen molar-refractivity contribution in [2.24, 2.45) is 0 Å². The van der Waals surface area contributed by atoms with Gasteiger partial charge in [-0.2, -0.15) is 0 Å². The third-order valence-electron chi connectivity index (χ3n) is 3.65. The molecule has 0 atom stereocenters. The molecule has 0 radical (unpaired) electrons. The molecule has 2 rings (SSSR count). The SMILES string of the molecule is CCCS(=O)(=O)Nc1ccc(NC(=O)c2cc(S(=O)(=O)NC)ccc2F)cc1. The van der Waals surface area contributed by atoms with Crippen molar-refractivity contribution in [3.05, 3.63) is 53.8 Å². The van der Waals surface area contributed by atoms with Gasteiger partial charge in [0.1, 0.15) is 5.82 Å². The van der Waals surface area contributed by atoms with Crippen LogP contribution in [0.2, 0.25) is 0 Å². The Hall–Kier alpha value is -2.50. The highest BCUT2D eigenvalue weighted by Gasteiger charge is 2.18. The fraction of sp³-hybridized carbons (Fsp3) is 0.235. The van der Waals surface area contributed by atoms with Crippen molar-refractivity contribution in [2.75, 3.05) is 22.8 Å². The van der Waals surface area contributed by atoms with Crippen molar-refractivity contribution in [1.29, 1.82) is 0 Å². The molecule has 28 heavy (non-hydrogen) atoms.